The quantitative estimate of drug-likeness (QED) is 0.757. The van der Waals surface area contributed by atoms with Crippen LogP contribution in [0.4, 0.5) is 11.5 Å². The second-order valence-corrected chi connectivity index (χ2v) is 6.28. The highest BCUT2D eigenvalue weighted by molar-refractivity contribution is 5.55. The molecule has 134 valence electrons. The summed E-state index contributed by atoms with van der Waals surface area (Å²) in [6.07, 6.45) is 1.78. The zero-order chi connectivity index (χ0) is 17.8. The molecule has 0 amide bonds. The second kappa shape index (κ2) is 7.63. The number of para-hydroxylation sites is 1. The maximum absolute atomic E-state index is 5.68. The molecule has 1 aromatic carbocycles. The van der Waals surface area contributed by atoms with Crippen molar-refractivity contribution in [3.05, 3.63) is 65.9 Å². The van der Waals surface area contributed by atoms with Gasteiger partial charge in [0.2, 0.25) is 0 Å². The smallest absolute Gasteiger partial charge is 0.150 e. The topological polar surface area (TPSA) is 76.3 Å². The number of hydrogen-bond acceptors (Lipinski definition) is 7. The molecule has 0 saturated carbocycles. The van der Waals surface area contributed by atoms with E-state index in [-0.39, 0.29) is 6.04 Å². The first kappa shape index (κ1) is 16.7. The minimum Gasteiger partial charge on any atom is -0.378 e. The molecule has 3 aromatic rings. The van der Waals surface area contributed by atoms with E-state index in [1.165, 1.54) is 0 Å². The Morgan fingerprint density at radius 2 is 2.12 bits per heavy atom. The van der Waals surface area contributed by atoms with Gasteiger partial charge in [-0.05, 0) is 25.1 Å². The number of benzene rings is 1. The third-order valence-electron chi connectivity index (χ3n) is 4.30. The molecule has 7 heteroatoms. The van der Waals surface area contributed by atoms with Gasteiger partial charge in [-0.3, -0.25) is 4.90 Å². The van der Waals surface area contributed by atoms with Crippen LogP contribution in [0.25, 0.3) is 0 Å². The van der Waals surface area contributed by atoms with Gasteiger partial charge in [0, 0.05) is 31.0 Å². The number of nitrogens with one attached hydrogen (secondary N) is 1. The molecule has 1 N–H and O–H groups in total. The molecule has 4 rings (SSSR count). The van der Waals surface area contributed by atoms with Gasteiger partial charge in [0.1, 0.15) is 17.4 Å². The normalized spacial score (nSPS) is 18.0. The Kier molecular flexibility index (Phi) is 4.90. The fourth-order valence-electron chi connectivity index (χ4n) is 3.04. The predicted molar refractivity (Wildman–Crippen MR) is 97.0 cm³/mol. The molecule has 3 heterocycles. The van der Waals surface area contributed by atoms with Crippen LogP contribution in [0.3, 0.4) is 0 Å². The van der Waals surface area contributed by atoms with Crippen LogP contribution in [0.5, 0.6) is 0 Å². The summed E-state index contributed by atoms with van der Waals surface area (Å²) in [5.74, 6) is 2.32. The SMILES string of the molecule is Cc1cc(CN2CCOC[C@H]2c2nccc(Nc3ccccc3)n2)no1. The molecular formula is C19H21N5O2. The van der Waals surface area contributed by atoms with Crippen molar-refractivity contribution in [2.24, 2.45) is 0 Å². The van der Waals surface area contributed by atoms with E-state index >= 15 is 0 Å². The number of anilines is 2. The van der Waals surface area contributed by atoms with E-state index < -0.39 is 0 Å². The largest absolute Gasteiger partial charge is 0.378 e. The molecule has 2 aromatic heterocycles. The summed E-state index contributed by atoms with van der Waals surface area (Å²) in [7, 11) is 0. The first-order valence-corrected chi connectivity index (χ1v) is 8.67. The predicted octanol–water partition coefficient (Wildman–Crippen LogP) is 3.09. The number of morpholine rings is 1. The van der Waals surface area contributed by atoms with E-state index in [1.54, 1.807) is 6.20 Å². The van der Waals surface area contributed by atoms with Crippen molar-refractivity contribution >= 4 is 11.5 Å². The van der Waals surface area contributed by atoms with Gasteiger partial charge in [0.05, 0.1) is 24.9 Å². The lowest BCUT2D eigenvalue weighted by atomic mass is 10.2. The average Bonchev–Trinajstić information content (AvgIpc) is 3.08. The van der Waals surface area contributed by atoms with E-state index in [1.807, 2.05) is 49.4 Å². The van der Waals surface area contributed by atoms with Gasteiger partial charge in [-0.15, -0.1) is 0 Å². The van der Waals surface area contributed by atoms with Crippen LogP contribution in [0.1, 0.15) is 23.3 Å². The van der Waals surface area contributed by atoms with Crippen LogP contribution in [0.15, 0.2) is 53.2 Å². The Labute approximate surface area is 152 Å². The summed E-state index contributed by atoms with van der Waals surface area (Å²) in [5, 5.41) is 7.41. The van der Waals surface area contributed by atoms with Crippen molar-refractivity contribution in [2.75, 3.05) is 25.1 Å². The average molecular weight is 351 g/mol. The Balaban J connectivity index is 1.53. The standard InChI is InChI=1S/C19H21N5O2/c1-14-11-16(23-26-14)12-24-9-10-25-13-17(24)19-20-8-7-18(22-19)21-15-5-3-2-4-6-15/h2-8,11,17H,9-10,12-13H2,1H3,(H,20,21,22)/t17-/m0/s1. The van der Waals surface area contributed by atoms with Crippen molar-refractivity contribution in [2.45, 2.75) is 19.5 Å². The molecule has 0 bridgehead atoms. The molecule has 0 radical (unpaired) electrons. The minimum absolute atomic E-state index is 0.0155. The highest BCUT2D eigenvalue weighted by Crippen LogP contribution is 2.25. The fraction of sp³-hybridized carbons (Fsp3) is 0.316. The monoisotopic (exact) mass is 351 g/mol. The van der Waals surface area contributed by atoms with Gasteiger partial charge in [-0.1, -0.05) is 23.4 Å². The number of aryl methyl sites for hydroxylation is 1. The van der Waals surface area contributed by atoms with Crippen molar-refractivity contribution in [1.82, 2.24) is 20.0 Å². The van der Waals surface area contributed by atoms with Gasteiger partial charge in [-0.2, -0.15) is 0 Å². The molecule has 7 nitrogen and oxygen atoms in total. The van der Waals surface area contributed by atoms with Crippen LogP contribution in [-0.2, 0) is 11.3 Å². The number of rotatable bonds is 5. The van der Waals surface area contributed by atoms with Gasteiger partial charge in [0.15, 0.2) is 0 Å². The summed E-state index contributed by atoms with van der Waals surface area (Å²) in [6.45, 7) is 4.64. The third-order valence-corrected chi connectivity index (χ3v) is 4.30. The van der Waals surface area contributed by atoms with Crippen molar-refractivity contribution < 1.29 is 9.26 Å². The number of hydrogen-bond donors (Lipinski definition) is 1. The van der Waals surface area contributed by atoms with E-state index in [9.17, 15) is 0 Å². The number of aromatic nitrogens is 3. The van der Waals surface area contributed by atoms with Crippen molar-refractivity contribution in [1.29, 1.82) is 0 Å². The van der Waals surface area contributed by atoms with Crippen LogP contribution in [0, 0.1) is 6.92 Å². The summed E-state index contributed by atoms with van der Waals surface area (Å²) >= 11 is 0. The summed E-state index contributed by atoms with van der Waals surface area (Å²) in [5.41, 5.74) is 1.90. The molecule has 1 atom stereocenters. The van der Waals surface area contributed by atoms with Crippen LogP contribution >= 0.6 is 0 Å². The highest BCUT2D eigenvalue weighted by Gasteiger charge is 2.28. The second-order valence-electron chi connectivity index (χ2n) is 6.28. The molecule has 26 heavy (non-hydrogen) atoms. The molecular weight excluding hydrogens is 330 g/mol. The first-order valence-electron chi connectivity index (χ1n) is 8.67. The third kappa shape index (κ3) is 3.89. The Morgan fingerprint density at radius 1 is 1.23 bits per heavy atom. The maximum Gasteiger partial charge on any atom is 0.150 e. The molecule has 1 aliphatic rings. The summed E-state index contributed by atoms with van der Waals surface area (Å²) in [6, 6.07) is 13.8. The Hall–Kier alpha value is -2.77. The molecule has 0 unspecified atom stereocenters. The van der Waals surface area contributed by atoms with Crippen molar-refractivity contribution in [3.63, 3.8) is 0 Å². The van der Waals surface area contributed by atoms with Crippen LogP contribution < -0.4 is 5.32 Å². The summed E-state index contributed by atoms with van der Waals surface area (Å²) in [4.78, 5) is 11.5. The lowest BCUT2D eigenvalue weighted by molar-refractivity contribution is -0.0167. The molecule has 1 aliphatic heterocycles. The highest BCUT2D eigenvalue weighted by atomic mass is 16.5. The van der Waals surface area contributed by atoms with Crippen LogP contribution in [0.2, 0.25) is 0 Å². The zero-order valence-electron chi connectivity index (χ0n) is 14.6. The lowest BCUT2D eigenvalue weighted by Crippen LogP contribution is -2.40. The first-order chi connectivity index (χ1) is 12.8. The zero-order valence-corrected chi connectivity index (χ0v) is 14.6. The van der Waals surface area contributed by atoms with Crippen LogP contribution in [-0.4, -0.2) is 39.8 Å². The van der Waals surface area contributed by atoms with Crippen molar-refractivity contribution in [3.8, 4) is 0 Å². The number of nitrogens with zero attached hydrogens (tertiary/aromatic N) is 4. The Bertz CT molecular complexity index is 852. The van der Waals surface area contributed by atoms with Gasteiger partial charge in [0.25, 0.3) is 0 Å². The van der Waals surface area contributed by atoms with E-state index in [4.69, 9.17) is 14.2 Å². The summed E-state index contributed by atoms with van der Waals surface area (Å²) < 4.78 is 10.9. The van der Waals surface area contributed by atoms with E-state index in [0.717, 1.165) is 35.3 Å². The molecule has 0 aliphatic carbocycles. The maximum atomic E-state index is 5.68. The Morgan fingerprint density at radius 3 is 2.92 bits per heavy atom. The molecule has 0 spiro atoms. The van der Waals surface area contributed by atoms with Gasteiger partial charge in [-0.25, -0.2) is 9.97 Å². The number of ether oxygens (including phenoxy) is 1. The molecule has 1 saturated heterocycles. The van der Waals surface area contributed by atoms with Gasteiger partial charge < -0.3 is 14.6 Å². The fourth-order valence-corrected chi connectivity index (χ4v) is 3.04. The van der Waals surface area contributed by atoms with E-state index in [0.29, 0.717) is 19.8 Å². The lowest BCUT2D eigenvalue weighted by Gasteiger charge is -2.33. The molecule has 1 fully saturated rings. The van der Waals surface area contributed by atoms with Gasteiger partial charge >= 0.3 is 0 Å². The minimum atomic E-state index is -0.0155. The van der Waals surface area contributed by atoms with E-state index in [2.05, 4.69) is 20.4 Å².